The molecule has 176 valence electrons. The zero-order valence-corrected chi connectivity index (χ0v) is 18.1. The van der Waals surface area contributed by atoms with Crippen LogP contribution in [-0.2, 0) is 49.5 Å². The molecule has 0 saturated carbocycles. The van der Waals surface area contributed by atoms with Crippen molar-refractivity contribution in [3.8, 4) is 5.75 Å². The zero-order chi connectivity index (χ0) is 23.8. The summed E-state index contributed by atoms with van der Waals surface area (Å²) in [6.07, 6.45) is -6.43. The number of aliphatic hydroxyl groups is 1. The van der Waals surface area contributed by atoms with Crippen molar-refractivity contribution in [2.45, 2.75) is 65.0 Å². The first-order valence-electron chi connectivity index (χ1n) is 9.78. The number of aliphatic hydroxyl groups excluding tert-OH is 1. The predicted molar refractivity (Wildman–Crippen MR) is 105 cm³/mol. The van der Waals surface area contributed by atoms with Gasteiger partial charge in [0.25, 0.3) is 0 Å². The van der Waals surface area contributed by atoms with Gasteiger partial charge >= 0.3 is 23.9 Å². The van der Waals surface area contributed by atoms with Gasteiger partial charge in [-0.1, -0.05) is 18.2 Å². The van der Waals surface area contributed by atoms with Crippen molar-refractivity contribution in [3.63, 3.8) is 0 Å². The second kappa shape index (κ2) is 11.4. The molecule has 5 atom stereocenters. The van der Waals surface area contributed by atoms with Crippen molar-refractivity contribution in [2.75, 3.05) is 6.61 Å². The first-order chi connectivity index (χ1) is 15.1. The standard InChI is InChI=1S/C21H26O11/c1-11(23)27-10-17-18(28-12(2)24)19(29-13(3)25)20(30-14(4)26)21(32-17)31-16-8-6-5-7-15(16)9-22/h5-8,17-22H,9-10H2,1-4H3/t17-,18+,19+,20-,21-/m1/s1. The van der Waals surface area contributed by atoms with E-state index in [9.17, 15) is 24.3 Å². The Morgan fingerprint density at radius 2 is 1.41 bits per heavy atom. The van der Waals surface area contributed by atoms with Crippen LogP contribution >= 0.6 is 0 Å². The Labute approximate surface area is 184 Å². The molecule has 2 rings (SSSR count). The summed E-state index contributed by atoms with van der Waals surface area (Å²) in [4.78, 5) is 46.7. The minimum absolute atomic E-state index is 0.218. The van der Waals surface area contributed by atoms with Crippen LogP contribution in [0.1, 0.15) is 33.3 Å². The largest absolute Gasteiger partial charge is 0.463 e. The van der Waals surface area contributed by atoms with Crippen LogP contribution in [-0.4, -0.2) is 66.3 Å². The van der Waals surface area contributed by atoms with E-state index in [0.29, 0.717) is 5.56 Å². The zero-order valence-electron chi connectivity index (χ0n) is 18.1. The molecule has 11 nitrogen and oxygen atoms in total. The molecule has 1 aromatic carbocycles. The van der Waals surface area contributed by atoms with Gasteiger partial charge in [-0.15, -0.1) is 0 Å². The topological polar surface area (TPSA) is 144 Å². The normalized spacial score (nSPS) is 24.7. The average molecular weight is 454 g/mol. The van der Waals surface area contributed by atoms with Crippen molar-refractivity contribution in [1.29, 1.82) is 0 Å². The molecule has 1 fully saturated rings. The highest BCUT2D eigenvalue weighted by Gasteiger charge is 2.53. The smallest absolute Gasteiger partial charge is 0.303 e. The van der Waals surface area contributed by atoms with Crippen molar-refractivity contribution < 1.29 is 52.7 Å². The maximum absolute atomic E-state index is 11.8. The molecule has 1 heterocycles. The number of hydrogen-bond acceptors (Lipinski definition) is 11. The summed E-state index contributed by atoms with van der Waals surface area (Å²) < 4.78 is 32.7. The lowest BCUT2D eigenvalue weighted by molar-refractivity contribution is -0.288. The van der Waals surface area contributed by atoms with Crippen molar-refractivity contribution in [1.82, 2.24) is 0 Å². The van der Waals surface area contributed by atoms with E-state index in [1.807, 2.05) is 0 Å². The van der Waals surface area contributed by atoms with Crippen LogP contribution in [0, 0.1) is 0 Å². The van der Waals surface area contributed by atoms with Crippen LogP contribution in [0.4, 0.5) is 0 Å². The van der Waals surface area contributed by atoms with Gasteiger partial charge in [0.2, 0.25) is 12.4 Å². The van der Waals surface area contributed by atoms with E-state index in [-0.39, 0.29) is 19.0 Å². The summed E-state index contributed by atoms with van der Waals surface area (Å²) in [6.45, 7) is 3.87. The first kappa shape index (κ1) is 25.1. The summed E-state index contributed by atoms with van der Waals surface area (Å²) in [5.41, 5.74) is 0.417. The first-order valence-corrected chi connectivity index (χ1v) is 9.78. The second-order valence-corrected chi connectivity index (χ2v) is 6.95. The van der Waals surface area contributed by atoms with Crippen LogP contribution in [0.5, 0.6) is 5.75 Å². The number of benzene rings is 1. The lowest BCUT2D eigenvalue weighted by atomic mass is 9.98. The fourth-order valence-electron chi connectivity index (χ4n) is 3.16. The van der Waals surface area contributed by atoms with Gasteiger partial charge in [0.05, 0.1) is 6.61 Å². The van der Waals surface area contributed by atoms with Crippen LogP contribution in [0.3, 0.4) is 0 Å². The summed E-state index contributed by atoms with van der Waals surface area (Å²) in [7, 11) is 0. The number of carbonyl (C=O) groups is 4. The molecule has 0 amide bonds. The Balaban J connectivity index is 2.48. The third kappa shape index (κ3) is 6.92. The molecule has 1 aromatic rings. The molecule has 0 aliphatic carbocycles. The third-order valence-electron chi connectivity index (χ3n) is 4.33. The molecule has 1 aliphatic rings. The van der Waals surface area contributed by atoms with E-state index in [2.05, 4.69) is 0 Å². The highest BCUT2D eigenvalue weighted by Crippen LogP contribution is 2.32. The summed E-state index contributed by atoms with van der Waals surface area (Å²) in [5, 5.41) is 9.58. The Kier molecular flexibility index (Phi) is 8.97. The van der Waals surface area contributed by atoms with E-state index >= 15 is 0 Å². The fraction of sp³-hybridized carbons (Fsp3) is 0.524. The quantitative estimate of drug-likeness (QED) is 0.436. The molecular formula is C21H26O11. The van der Waals surface area contributed by atoms with E-state index < -0.39 is 54.6 Å². The molecule has 32 heavy (non-hydrogen) atoms. The SMILES string of the molecule is CC(=O)OC[C@H]1O[C@@H](Oc2ccccc2CO)[C@H](OC(C)=O)[C@@H](OC(C)=O)[C@H]1OC(C)=O. The van der Waals surface area contributed by atoms with Gasteiger partial charge < -0.3 is 33.5 Å². The minimum Gasteiger partial charge on any atom is -0.463 e. The van der Waals surface area contributed by atoms with Crippen molar-refractivity contribution in [2.24, 2.45) is 0 Å². The molecule has 11 heteroatoms. The maximum atomic E-state index is 11.8. The van der Waals surface area contributed by atoms with Gasteiger partial charge in [0.15, 0.2) is 12.2 Å². The van der Waals surface area contributed by atoms with Gasteiger partial charge in [-0.25, -0.2) is 0 Å². The Bertz CT molecular complexity index is 837. The monoisotopic (exact) mass is 454 g/mol. The molecule has 0 radical (unpaired) electrons. The molecule has 0 aromatic heterocycles. The second-order valence-electron chi connectivity index (χ2n) is 6.95. The highest BCUT2D eigenvalue weighted by atomic mass is 16.7. The predicted octanol–water partition coefficient (Wildman–Crippen LogP) is 0.641. The lowest BCUT2D eigenvalue weighted by Crippen LogP contribution is -2.63. The number of carbonyl (C=O) groups excluding carboxylic acids is 4. The summed E-state index contributed by atoms with van der Waals surface area (Å²) >= 11 is 0. The van der Waals surface area contributed by atoms with Crippen LogP contribution in [0.15, 0.2) is 24.3 Å². The number of hydrogen-bond donors (Lipinski definition) is 1. The average Bonchev–Trinajstić information content (AvgIpc) is 2.70. The lowest BCUT2D eigenvalue weighted by Gasteiger charge is -2.44. The van der Waals surface area contributed by atoms with Crippen LogP contribution in [0.25, 0.3) is 0 Å². The molecule has 1 saturated heterocycles. The van der Waals surface area contributed by atoms with Gasteiger partial charge in [0, 0.05) is 33.3 Å². The number of ether oxygens (including phenoxy) is 6. The van der Waals surface area contributed by atoms with Gasteiger partial charge in [0.1, 0.15) is 18.5 Å². The Hall–Kier alpha value is -3.18. The van der Waals surface area contributed by atoms with Crippen LogP contribution in [0.2, 0.25) is 0 Å². The Morgan fingerprint density at radius 3 is 1.97 bits per heavy atom. The number of rotatable bonds is 8. The molecule has 1 N–H and O–H groups in total. The maximum Gasteiger partial charge on any atom is 0.303 e. The van der Waals surface area contributed by atoms with Gasteiger partial charge in [-0.05, 0) is 6.07 Å². The van der Waals surface area contributed by atoms with Crippen LogP contribution < -0.4 is 4.74 Å². The van der Waals surface area contributed by atoms with E-state index in [0.717, 1.165) is 20.8 Å². The summed E-state index contributed by atoms with van der Waals surface area (Å²) in [5.74, 6) is -2.61. The van der Waals surface area contributed by atoms with E-state index in [4.69, 9.17) is 28.4 Å². The Morgan fingerprint density at radius 1 is 0.844 bits per heavy atom. The molecule has 0 bridgehead atoms. The fourth-order valence-corrected chi connectivity index (χ4v) is 3.16. The molecule has 1 aliphatic heterocycles. The number of esters is 4. The molecule has 0 spiro atoms. The highest BCUT2D eigenvalue weighted by molar-refractivity contribution is 5.68. The van der Waals surface area contributed by atoms with Crippen molar-refractivity contribution >= 4 is 23.9 Å². The molecule has 0 unspecified atom stereocenters. The van der Waals surface area contributed by atoms with E-state index in [1.165, 1.54) is 6.92 Å². The van der Waals surface area contributed by atoms with Crippen molar-refractivity contribution in [3.05, 3.63) is 29.8 Å². The number of para-hydroxylation sites is 1. The van der Waals surface area contributed by atoms with E-state index in [1.54, 1.807) is 24.3 Å². The van der Waals surface area contributed by atoms with Gasteiger partial charge in [-0.3, -0.25) is 19.2 Å². The molecular weight excluding hydrogens is 428 g/mol. The third-order valence-corrected chi connectivity index (χ3v) is 4.33. The van der Waals surface area contributed by atoms with Gasteiger partial charge in [-0.2, -0.15) is 0 Å². The minimum atomic E-state index is -1.36. The summed E-state index contributed by atoms with van der Waals surface area (Å²) in [6, 6.07) is 6.51.